The van der Waals surface area contributed by atoms with Gasteiger partial charge < -0.3 is 4.74 Å². The summed E-state index contributed by atoms with van der Waals surface area (Å²) in [4.78, 5) is 10.9. The lowest BCUT2D eigenvalue weighted by molar-refractivity contribution is 0.152. The summed E-state index contributed by atoms with van der Waals surface area (Å²) < 4.78 is 17.3. The van der Waals surface area contributed by atoms with Gasteiger partial charge in [0.2, 0.25) is 0 Å². The summed E-state index contributed by atoms with van der Waals surface area (Å²) in [6.07, 6.45) is -0.607. The fourth-order valence-electron chi connectivity index (χ4n) is 1.05. The first-order valence-electron chi connectivity index (χ1n) is 4.86. The third-order valence-electron chi connectivity index (χ3n) is 1.85. The summed E-state index contributed by atoms with van der Waals surface area (Å²) in [5.74, 6) is -0.310. The maximum Gasteiger partial charge on any atom is 0.427 e. The van der Waals surface area contributed by atoms with E-state index in [0.717, 1.165) is 5.56 Å². The molecule has 0 aromatic heterocycles. The third-order valence-corrected chi connectivity index (χ3v) is 1.85. The number of rotatable bonds is 3. The molecule has 86 valence electrons. The number of hydrogen-bond acceptors (Lipinski definition) is 3. The fourth-order valence-corrected chi connectivity index (χ4v) is 1.05. The fraction of sp³-hybridized carbons (Fsp3) is 0.273. The molecule has 0 atom stereocenters. The van der Waals surface area contributed by atoms with Crippen molar-refractivity contribution in [1.29, 1.82) is 0 Å². The highest BCUT2D eigenvalue weighted by Gasteiger charge is 2.00. The van der Waals surface area contributed by atoms with Crippen LogP contribution in [0.4, 0.5) is 9.18 Å². The molecular weight excluding hydrogens is 211 g/mol. The normalized spacial score (nSPS) is 11.1. The lowest BCUT2D eigenvalue weighted by Gasteiger charge is -2.02. The number of nitrogens with one attached hydrogen (secondary N) is 1. The molecule has 0 saturated carbocycles. The van der Waals surface area contributed by atoms with Crippen molar-refractivity contribution in [3.63, 3.8) is 0 Å². The maximum atomic E-state index is 12.6. The van der Waals surface area contributed by atoms with Crippen LogP contribution in [0.1, 0.15) is 19.4 Å². The molecule has 0 aliphatic carbocycles. The number of ether oxygens (including phenoxy) is 1. The largest absolute Gasteiger partial charge is 0.449 e. The van der Waals surface area contributed by atoms with Crippen LogP contribution in [0.5, 0.6) is 0 Å². The van der Waals surface area contributed by atoms with Gasteiger partial charge >= 0.3 is 6.09 Å². The van der Waals surface area contributed by atoms with Crippen LogP contribution in [0.2, 0.25) is 0 Å². The molecule has 5 heteroatoms. The average Bonchev–Trinajstić information content (AvgIpc) is 2.27. The first-order valence-corrected chi connectivity index (χ1v) is 4.86. The number of benzene rings is 1. The van der Waals surface area contributed by atoms with Gasteiger partial charge in [0.25, 0.3) is 0 Å². The molecule has 16 heavy (non-hydrogen) atoms. The molecule has 0 fully saturated rings. The van der Waals surface area contributed by atoms with Gasteiger partial charge in [0.15, 0.2) is 0 Å². The van der Waals surface area contributed by atoms with E-state index >= 15 is 0 Å². The quantitative estimate of drug-likeness (QED) is 0.632. The van der Waals surface area contributed by atoms with Crippen LogP contribution < -0.4 is 5.43 Å². The first-order chi connectivity index (χ1) is 7.63. The molecule has 0 bridgehead atoms. The van der Waals surface area contributed by atoms with Crippen molar-refractivity contribution < 1.29 is 13.9 Å². The van der Waals surface area contributed by atoms with Gasteiger partial charge in [-0.05, 0) is 31.5 Å². The molecule has 1 amide bonds. The van der Waals surface area contributed by atoms with Crippen molar-refractivity contribution in [2.24, 2.45) is 5.10 Å². The minimum absolute atomic E-state index is 0.289. The Balaban J connectivity index is 2.63. The van der Waals surface area contributed by atoms with Crippen LogP contribution >= 0.6 is 0 Å². The Hall–Kier alpha value is -1.91. The van der Waals surface area contributed by atoms with Gasteiger partial charge in [-0.3, -0.25) is 0 Å². The number of nitrogens with zero attached hydrogens (tertiary/aromatic N) is 1. The van der Waals surface area contributed by atoms with E-state index in [2.05, 4.69) is 15.3 Å². The van der Waals surface area contributed by atoms with Gasteiger partial charge in [-0.25, -0.2) is 14.6 Å². The lowest BCUT2D eigenvalue weighted by Crippen LogP contribution is -2.20. The maximum absolute atomic E-state index is 12.6. The molecule has 0 saturated heterocycles. The molecule has 1 aromatic carbocycles. The van der Waals surface area contributed by atoms with Crippen LogP contribution in [0, 0.1) is 5.82 Å². The molecule has 0 aliphatic heterocycles. The molecule has 0 heterocycles. The summed E-state index contributed by atoms with van der Waals surface area (Å²) in [5.41, 5.74) is 3.54. The van der Waals surface area contributed by atoms with E-state index in [1.807, 2.05) is 0 Å². The summed E-state index contributed by atoms with van der Waals surface area (Å²) in [5, 5.41) is 3.81. The van der Waals surface area contributed by atoms with Gasteiger partial charge in [0.1, 0.15) is 5.82 Å². The summed E-state index contributed by atoms with van der Waals surface area (Å²) >= 11 is 0. The monoisotopic (exact) mass is 224 g/mol. The zero-order valence-corrected chi connectivity index (χ0v) is 9.16. The minimum atomic E-state index is -0.607. The molecule has 0 unspecified atom stereocenters. The van der Waals surface area contributed by atoms with Crippen molar-refractivity contribution in [2.75, 3.05) is 6.61 Å². The predicted octanol–water partition coefficient (Wildman–Crippen LogP) is 2.30. The number of hydrogen-bond donors (Lipinski definition) is 1. The van der Waals surface area contributed by atoms with E-state index in [4.69, 9.17) is 0 Å². The molecule has 1 rings (SSSR count). The Kier molecular flexibility index (Phi) is 4.44. The summed E-state index contributed by atoms with van der Waals surface area (Å²) in [6, 6.07) is 5.83. The van der Waals surface area contributed by atoms with Gasteiger partial charge in [-0.2, -0.15) is 5.10 Å². The van der Waals surface area contributed by atoms with Crippen molar-refractivity contribution in [3.05, 3.63) is 35.6 Å². The summed E-state index contributed by atoms with van der Waals surface area (Å²) in [6.45, 7) is 3.70. The van der Waals surface area contributed by atoms with Crippen molar-refractivity contribution in [3.8, 4) is 0 Å². The van der Waals surface area contributed by atoms with Gasteiger partial charge in [-0.1, -0.05) is 12.1 Å². The molecule has 0 radical (unpaired) electrons. The Bertz CT molecular complexity index is 387. The topological polar surface area (TPSA) is 50.7 Å². The average molecular weight is 224 g/mol. The van der Waals surface area contributed by atoms with Crippen LogP contribution in [-0.2, 0) is 4.74 Å². The molecule has 4 nitrogen and oxygen atoms in total. The molecule has 0 spiro atoms. The zero-order valence-electron chi connectivity index (χ0n) is 9.16. The van der Waals surface area contributed by atoms with Gasteiger partial charge in [0.05, 0.1) is 12.3 Å². The second kappa shape index (κ2) is 5.85. The van der Waals surface area contributed by atoms with E-state index in [0.29, 0.717) is 5.71 Å². The van der Waals surface area contributed by atoms with E-state index in [-0.39, 0.29) is 12.4 Å². The second-order valence-corrected chi connectivity index (χ2v) is 3.04. The SMILES string of the molecule is CCOC(=O)N/N=C(/C)c1ccc(F)cc1. The number of halogens is 1. The summed E-state index contributed by atoms with van der Waals surface area (Å²) in [7, 11) is 0. The van der Waals surface area contributed by atoms with Crippen LogP contribution in [-0.4, -0.2) is 18.4 Å². The smallest absolute Gasteiger partial charge is 0.427 e. The highest BCUT2D eigenvalue weighted by atomic mass is 19.1. The highest BCUT2D eigenvalue weighted by molar-refractivity contribution is 5.98. The number of amides is 1. The molecule has 1 N–H and O–H groups in total. The first kappa shape index (κ1) is 12.2. The van der Waals surface area contributed by atoms with Gasteiger partial charge in [0, 0.05) is 0 Å². The van der Waals surface area contributed by atoms with Crippen LogP contribution in [0.25, 0.3) is 0 Å². The Morgan fingerprint density at radius 3 is 2.62 bits per heavy atom. The van der Waals surface area contributed by atoms with Gasteiger partial charge in [-0.15, -0.1) is 0 Å². The Morgan fingerprint density at radius 1 is 1.44 bits per heavy atom. The lowest BCUT2D eigenvalue weighted by atomic mass is 10.1. The van der Waals surface area contributed by atoms with E-state index in [9.17, 15) is 9.18 Å². The standard InChI is InChI=1S/C11H13FN2O2/c1-3-16-11(15)14-13-8(2)9-4-6-10(12)7-5-9/h4-7H,3H2,1-2H3,(H,14,15)/b13-8-. The van der Waals surface area contributed by atoms with Crippen molar-refractivity contribution >= 4 is 11.8 Å². The molecule has 1 aromatic rings. The second-order valence-electron chi connectivity index (χ2n) is 3.04. The number of carbonyl (C=O) groups excluding carboxylic acids is 1. The van der Waals surface area contributed by atoms with E-state index in [1.54, 1.807) is 26.0 Å². The molecular formula is C11H13FN2O2. The van der Waals surface area contributed by atoms with E-state index in [1.165, 1.54) is 12.1 Å². The Morgan fingerprint density at radius 2 is 2.06 bits per heavy atom. The van der Waals surface area contributed by atoms with Crippen molar-refractivity contribution in [2.45, 2.75) is 13.8 Å². The highest BCUT2D eigenvalue weighted by Crippen LogP contribution is 2.03. The van der Waals surface area contributed by atoms with Crippen LogP contribution in [0.15, 0.2) is 29.4 Å². The minimum Gasteiger partial charge on any atom is -0.449 e. The molecule has 0 aliphatic rings. The van der Waals surface area contributed by atoms with E-state index < -0.39 is 6.09 Å². The zero-order chi connectivity index (χ0) is 12.0. The third kappa shape index (κ3) is 3.68. The van der Waals surface area contributed by atoms with Crippen molar-refractivity contribution in [1.82, 2.24) is 5.43 Å². The number of carbonyl (C=O) groups is 1. The Labute approximate surface area is 93.1 Å². The predicted molar refractivity (Wildman–Crippen MR) is 58.8 cm³/mol. The van der Waals surface area contributed by atoms with Crippen LogP contribution in [0.3, 0.4) is 0 Å². The number of hydrazone groups is 1.